The molecule has 0 bridgehead atoms. The lowest BCUT2D eigenvalue weighted by Gasteiger charge is -2.21. The highest BCUT2D eigenvalue weighted by Gasteiger charge is 2.30. The maximum atomic E-state index is 12.4. The molecule has 0 saturated carbocycles. The zero-order valence-electron chi connectivity index (χ0n) is 13.1. The van der Waals surface area contributed by atoms with Crippen LogP contribution in [-0.4, -0.2) is 21.1 Å². The third-order valence-electron chi connectivity index (χ3n) is 3.68. The molecule has 1 unspecified atom stereocenters. The van der Waals surface area contributed by atoms with E-state index in [4.69, 9.17) is 0 Å². The lowest BCUT2D eigenvalue weighted by Crippen LogP contribution is -2.13. The number of thioether (sulfide) groups is 2. The highest BCUT2D eigenvalue weighted by molar-refractivity contribution is 8.14. The summed E-state index contributed by atoms with van der Waals surface area (Å²) in [4.78, 5) is 18.3. The predicted molar refractivity (Wildman–Crippen MR) is 95.9 cm³/mol. The summed E-state index contributed by atoms with van der Waals surface area (Å²) in [7, 11) is 0. The maximum absolute atomic E-state index is 12.4. The zero-order chi connectivity index (χ0) is 15.9. The van der Waals surface area contributed by atoms with Crippen LogP contribution in [0.2, 0.25) is 0 Å². The standard InChI is InChI=1S/C16H19N3OS2/c1-9(2)19-15-13(16(20)18-19)14(22-10(3)17-15)11-5-7-12(21-4)8-6-11/h5-9,14H,1-4H3,(H,18,20). The smallest absolute Gasteiger partial charge is 0.268 e. The Bertz CT molecular complexity index is 772. The minimum absolute atomic E-state index is 0.00663. The minimum Gasteiger partial charge on any atom is -0.268 e. The summed E-state index contributed by atoms with van der Waals surface area (Å²) in [5.74, 6) is 0.773. The Hall–Kier alpha value is -1.40. The predicted octanol–water partition coefficient (Wildman–Crippen LogP) is 4.37. The first-order chi connectivity index (χ1) is 10.5. The van der Waals surface area contributed by atoms with Gasteiger partial charge in [-0.25, -0.2) is 4.99 Å². The van der Waals surface area contributed by atoms with Crippen LogP contribution in [0, 0.1) is 0 Å². The zero-order valence-corrected chi connectivity index (χ0v) is 14.7. The van der Waals surface area contributed by atoms with Gasteiger partial charge < -0.3 is 0 Å². The van der Waals surface area contributed by atoms with Crippen molar-refractivity contribution in [1.82, 2.24) is 9.78 Å². The molecule has 22 heavy (non-hydrogen) atoms. The number of benzene rings is 1. The van der Waals surface area contributed by atoms with Crippen LogP contribution in [0.1, 0.15) is 43.2 Å². The molecule has 0 radical (unpaired) electrons. The molecule has 0 saturated heterocycles. The molecule has 4 nitrogen and oxygen atoms in total. The van der Waals surface area contributed by atoms with Crippen molar-refractivity contribution in [3.63, 3.8) is 0 Å². The first-order valence-corrected chi connectivity index (χ1v) is 9.32. The van der Waals surface area contributed by atoms with Crippen molar-refractivity contribution in [3.05, 3.63) is 45.7 Å². The summed E-state index contributed by atoms with van der Waals surface area (Å²) in [5.41, 5.74) is 1.87. The molecule has 0 spiro atoms. The van der Waals surface area contributed by atoms with Crippen molar-refractivity contribution in [2.75, 3.05) is 6.26 Å². The summed E-state index contributed by atoms with van der Waals surface area (Å²) in [6.07, 6.45) is 2.06. The second kappa shape index (κ2) is 6.01. The van der Waals surface area contributed by atoms with E-state index in [1.54, 1.807) is 23.5 Å². The molecule has 116 valence electrons. The van der Waals surface area contributed by atoms with E-state index in [0.29, 0.717) is 0 Å². The molecule has 1 N–H and O–H groups in total. The number of fused-ring (bicyclic) bond motifs is 1. The number of aliphatic imine (C=N–C) groups is 1. The summed E-state index contributed by atoms with van der Waals surface area (Å²) in [6.45, 7) is 6.09. The molecule has 0 aliphatic carbocycles. The topological polar surface area (TPSA) is 50.1 Å². The number of nitrogens with zero attached hydrogens (tertiary/aromatic N) is 2. The Kier molecular flexibility index (Phi) is 4.23. The van der Waals surface area contributed by atoms with Gasteiger partial charge in [0.25, 0.3) is 5.56 Å². The van der Waals surface area contributed by atoms with E-state index in [1.165, 1.54) is 4.90 Å². The number of hydrogen-bond donors (Lipinski definition) is 1. The third-order valence-corrected chi connectivity index (χ3v) is 5.60. The van der Waals surface area contributed by atoms with Gasteiger partial charge in [0.1, 0.15) is 0 Å². The van der Waals surface area contributed by atoms with Crippen LogP contribution in [-0.2, 0) is 0 Å². The molecule has 3 rings (SSSR count). The highest BCUT2D eigenvalue weighted by atomic mass is 32.2. The molecule has 1 aromatic carbocycles. The van der Waals surface area contributed by atoms with Gasteiger partial charge in [-0.05, 0) is 44.7 Å². The number of rotatable bonds is 3. The van der Waals surface area contributed by atoms with Gasteiger partial charge in [0.05, 0.1) is 15.9 Å². The molecule has 1 aliphatic rings. The van der Waals surface area contributed by atoms with Gasteiger partial charge in [-0.1, -0.05) is 23.9 Å². The Morgan fingerprint density at radius 1 is 1.32 bits per heavy atom. The van der Waals surface area contributed by atoms with Gasteiger partial charge in [0, 0.05) is 10.9 Å². The van der Waals surface area contributed by atoms with Crippen molar-refractivity contribution in [3.8, 4) is 0 Å². The van der Waals surface area contributed by atoms with Crippen molar-refractivity contribution in [1.29, 1.82) is 0 Å². The Balaban J connectivity index is 2.12. The van der Waals surface area contributed by atoms with E-state index in [-0.39, 0.29) is 16.9 Å². The van der Waals surface area contributed by atoms with Crippen LogP contribution in [0.5, 0.6) is 0 Å². The summed E-state index contributed by atoms with van der Waals surface area (Å²) >= 11 is 3.36. The van der Waals surface area contributed by atoms with Gasteiger partial charge in [-0.3, -0.25) is 14.6 Å². The van der Waals surface area contributed by atoms with Crippen LogP contribution < -0.4 is 5.56 Å². The largest absolute Gasteiger partial charge is 0.271 e. The second-order valence-corrected chi connectivity index (χ2v) is 7.72. The first kappa shape index (κ1) is 15.5. The van der Waals surface area contributed by atoms with Crippen LogP contribution in [0.4, 0.5) is 5.82 Å². The van der Waals surface area contributed by atoms with Crippen molar-refractivity contribution in [2.45, 2.75) is 37.0 Å². The summed E-state index contributed by atoms with van der Waals surface area (Å²) in [5, 5.41) is 3.93. The monoisotopic (exact) mass is 333 g/mol. The Labute approximate surface area is 138 Å². The number of aromatic amines is 1. The molecule has 2 aromatic rings. The molecule has 0 fully saturated rings. The lowest BCUT2D eigenvalue weighted by molar-refractivity contribution is 0.533. The van der Waals surface area contributed by atoms with Crippen LogP contribution in [0.15, 0.2) is 38.9 Å². The quantitative estimate of drug-likeness (QED) is 0.849. The second-order valence-electron chi connectivity index (χ2n) is 5.54. The van der Waals surface area contributed by atoms with Gasteiger partial charge in [-0.2, -0.15) is 0 Å². The number of H-pyrrole nitrogens is 1. The van der Waals surface area contributed by atoms with E-state index >= 15 is 0 Å². The molecule has 6 heteroatoms. The van der Waals surface area contributed by atoms with Crippen LogP contribution >= 0.6 is 23.5 Å². The number of hydrogen-bond acceptors (Lipinski definition) is 4. The average molecular weight is 333 g/mol. The van der Waals surface area contributed by atoms with E-state index in [2.05, 4.69) is 40.6 Å². The van der Waals surface area contributed by atoms with Gasteiger partial charge in [-0.15, -0.1) is 11.8 Å². The van der Waals surface area contributed by atoms with Gasteiger partial charge >= 0.3 is 0 Å². The molecular formula is C16H19N3OS2. The average Bonchev–Trinajstić information content (AvgIpc) is 2.84. The Morgan fingerprint density at radius 3 is 2.59 bits per heavy atom. The summed E-state index contributed by atoms with van der Waals surface area (Å²) in [6, 6.07) is 8.61. The van der Waals surface area contributed by atoms with E-state index in [1.807, 2.05) is 25.5 Å². The van der Waals surface area contributed by atoms with Crippen molar-refractivity contribution < 1.29 is 0 Å². The van der Waals surface area contributed by atoms with Gasteiger partial charge in [0.2, 0.25) is 0 Å². The Morgan fingerprint density at radius 2 is 2.00 bits per heavy atom. The fourth-order valence-electron chi connectivity index (χ4n) is 2.60. The molecule has 1 aliphatic heterocycles. The van der Waals surface area contributed by atoms with E-state index < -0.39 is 0 Å². The molecule has 0 amide bonds. The van der Waals surface area contributed by atoms with Crippen LogP contribution in [0.25, 0.3) is 0 Å². The van der Waals surface area contributed by atoms with Crippen molar-refractivity contribution >= 4 is 34.4 Å². The summed E-state index contributed by atoms with van der Waals surface area (Å²) < 4.78 is 1.87. The van der Waals surface area contributed by atoms with Gasteiger partial charge in [0.15, 0.2) is 5.82 Å². The fourth-order valence-corrected chi connectivity index (χ4v) is 4.11. The fraction of sp³-hybridized carbons (Fsp3) is 0.375. The third kappa shape index (κ3) is 2.65. The minimum atomic E-state index is -0.0357. The maximum Gasteiger partial charge on any atom is 0.271 e. The highest BCUT2D eigenvalue weighted by Crippen LogP contribution is 2.44. The first-order valence-electron chi connectivity index (χ1n) is 7.21. The number of nitrogens with one attached hydrogen (secondary N) is 1. The molecular weight excluding hydrogens is 314 g/mol. The SMILES string of the molecule is CSc1ccc(C2SC(C)=Nc3c2c(=O)[nH]n3C(C)C)cc1. The van der Waals surface area contributed by atoms with E-state index in [9.17, 15) is 4.79 Å². The number of aromatic nitrogens is 2. The van der Waals surface area contributed by atoms with Crippen LogP contribution in [0.3, 0.4) is 0 Å². The molecule has 2 heterocycles. The molecule has 1 aromatic heterocycles. The van der Waals surface area contributed by atoms with Crippen molar-refractivity contribution in [2.24, 2.45) is 4.99 Å². The lowest BCUT2D eigenvalue weighted by atomic mass is 10.1. The van der Waals surface area contributed by atoms with E-state index in [0.717, 1.165) is 22.0 Å². The normalized spacial score (nSPS) is 17.5. The molecule has 1 atom stereocenters.